The van der Waals surface area contributed by atoms with Gasteiger partial charge in [-0.1, -0.05) is 54.1 Å². The van der Waals surface area contributed by atoms with E-state index in [0.717, 1.165) is 45.0 Å². The van der Waals surface area contributed by atoms with E-state index in [0.29, 0.717) is 12.5 Å². The number of rotatable bonds is 8. The minimum atomic E-state index is 0.147. The summed E-state index contributed by atoms with van der Waals surface area (Å²) in [6.07, 6.45) is 2.42. The number of guanidine groups is 1. The Labute approximate surface area is 187 Å². The van der Waals surface area contributed by atoms with Gasteiger partial charge in [-0.3, -0.25) is 0 Å². The van der Waals surface area contributed by atoms with E-state index in [9.17, 15) is 0 Å². The average Bonchev–Trinajstić information content (AvgIpc) is 2.77. The highest BCUT2D eigenvalue weighted by atomic mass is 16.5. The van der Waals surface area contributed by atoms with Gasteiger partial charge in [0.05, 0.1) is 12.6 Å². The van der Waals surface area contributed by atoms with Crippen molar-refractivity contribution in [3.63, 3.8) is 0 Å². The van der Waals surface area contributed by atoms with Crippen molar-refractivity contribution < 1.29 is 4.74 Å². The number of hydrogen-bond donors (Lipinski definition) is 2. The fourth-order valence-corrected chi connectivity index (χ4v) is 4.03. The Hall–Kier alpha value is -2.37. The number of aliphatic imine (C=N–C) groups is 1. The Morgan fingerprint density at radius 1 is 1.03 bits per heavy atom. The number of nitrogens with zero attached hydrogens (tertiary/aromatic N) is 2. The van der Waals surface area contributed by atoms with Crippen LogP contribution in [0, 0.1) is 12.8 Å². The lowest BCUT2D eigenvalue weighted by atomic mass is 9.89. The number of hydrogen-bond acceptors (Lipinski definition) is 3. The zero-order chi connectivity index (χ0) is 22.1. The summed E-state index contributed by atoms with van der Waals surface area (Å²) in [6.45, 7) is 8.39. The summed E-state index contributed by atoms with van der Waals surface area (Å²) in [5, 5.41) is 6.94. The molecule has 2 atom stereocenters. The molecule has 0 aromatic heterocycles. The van der Waals surface area contributed by atoms with Crippen LogP contribution in [0.4, 0.5) is 0 Å². The molecular formula is C26H38N4O. The van der Waals surface area contributed by atoms with Crippen molar-refractivity contribution in [3.8, 4) is 0 Å². The van der Waals surface area contributed by atoms with Crippen molar-refractivity contribution >= 4 is 5.96 Å². The van der Waals surface area contributed by atoms with Gasteiger partial charge < -0.3 is 20.3 Å². The first kappa shape index (κ1) is 23.3. The van der Waals surface area contributed by atoms with Gasteiger partial charge in [-0.15, -0.1) is 0 Å². The fourth-order valence-electron chi connectivity index (χ4n) is 4.03. The van der Waals surface area contributed by atoms with Gasteiger partial charge in [0, 0.05) is 32.2 Å². The van der Waals surface area contributed by atoms with Gasteiger partial charge in [0.1, 0.15) is 0 Å². The highest BCUT2D eigenvalue weighted by Gasteiger charge is 2.27. The van der Waals surface area contributed by atoms with E-state index in [1.807, 2.05) is 0 Å². The minimum absolute atomic E-state index is 0.147. The summed E-state index contributed by atoms with van der Waals surface area (Å²) in [6, 6.07) is 17.5. The van der Waals surface area contributed by atoms with Crippen LogP contribution < -0.4 is 10.6 Å². The van der Waals surface area contributed by atoms with E-state index in [1.54, 1.807) is 0 Å². The third-order valence-electron chi connectivity index (χ3n) is 5.67. The summed E-state index contributed by atoms with van der Waals surface area (Å²) in [7, 11) is 4.18. The van der Waals surface area contributed by atoms with Crippen LogP contribution in [-0.2, 0) is 17.8 Å². The van der Waals surface area contributed by atoms with Gasteiger partial charge in [0.15, 0.2) is 5.96 Å². The Bertz CT molecular complexity index is 814. The first-order chi connectivity index (χ1) is 15.0. The molecule has 2 aromatic rings. The maximum Gasteiger partial charge on any atom is 0.191 e. The van der Waals surface area contributed by atoms with Crippen molar-refractivity contribution in [1.29, 1.82) is 0 Å². The Balaban J connectivity index is 1.60. The van der Waals surface area contributed by atoms with Gasteiger partial charge in [-0.2, -0.15) is 0 Å². The first-order valence-corrected chi connectivity index (χ1v) is 11.5. The number of aryl methyl sites for hydroxylation is 1. The van der Waals surface area contributed by atoms with E-state index in [1.165, 1.54) is 22.3 Å². The lowest BCUT2D eigenvalue weighted by Crippen LogP contribution is -2.42. The minimum Gasteiger partial charge on any atom is -0.373 e. The molecule has 0 saturated carbocycles. The molecule has 1 heterocycles. The lowest BCUT2D eigenvalue weighted by Gasteiger charge is -2.32. The normalized spacial score (nSPS) is 19.5. The van der Waals surface area contributed by atoms with E-state index in [-0.39, 0.29) is 6.10 Å². The number of nitrogens with one attached hydrogen (secondary N) is 2. The number of benzene rings is 2. The third-order valence-corrected chi connectivity index (χ3v) is 5.67. The maximum atomic E-state index is 6.17. The second-order valence-corrected chi connectivity index (χ2v) is 8.73. The SMILES string of the molecule is CCNC(=NCc1ccc(CN(C)C)cc1)NCC1CCCOC1c1ccc(C)cc1. The van der Waals surface area contributed by atoms with Crippen LogP contribution in [0.5, 0.6) is 0 Å². The largest absolute Gasteiger partial charge is 0.373 e. The highest BCUT2D eigenvalue weighted by Crippen LogP contribution is 2.33. The molecule has 168 valence electrons. The Morgan fingerprint density at radius 3 is 2.42 bits per heavy atom. The molecule has 0 aliphatic carbocycles. The van der Waals surface area contributed by atoms with Crippen molar-refractivity contribution in [2.24, 2.45) is 10.9 Å². The van der Waals surface area contributed by atoms with Crippen molar-refractivity contribution in [1.82, 2.24) is 15.5 Å². The molecule has 1 aliphatic rings. The van der Waals surface area contributed by atoms with Crippen molar-refractivity contribution in [2.75, 3.05) is 33.8 Å². The van der Waals surface area contributed by atoms with E-state index in [4.69, 9.17) is 9.73 Å². The second kappa shape index (κ2) is 11.9. The summed E-state index contributed by atoms with van der Waals surface area (Å²) < 4.78 is 6.17. The zero-order valence-corrected chi connectivity index (χ0v) is 19.5. The summed E-state index contributed by atoms with van der Waals surface area (Å²) >= 11 is 0. The van der Waals surface area contributed by atoms with Crippen LogP contribution in [0.1, 0.15) is 48.1 Å². The zero-order valence-electron chi connectivity index (χ0n) is 19.5. The molecule has 1 saturated heterocycles. The van der Waals surface area contributed by atoms with Crippen molar-refractivity contribution in [3.05, 3.63) is 70.8 Å². The average molecular weight is 423 g/mol. The summed E-state index contributed by atoms with van der Waals surface area (Å²) in [5.41, 5.74) is 5.10. The number of ether oxygens (including phenoxy) is 1. The molecule has 0 amide bonds. The summed E-state index contributed by atoms with van der Waals surface area (Å²) in [5.74, 6) is 1.30. The van der Waals surface area contributed by atoms with Crippen LogP contribution in [0.3, 0.4) is 0 Å². The molecule has 2 N–H and O–H groups in total. The maximum absolute atomic E-state index is 6.17. The molecule has 0 spiro atoms. The second-order valence-electron chi connectivity index (χ2n) is 8.73. The molecule has 0 bridgehead atoms. The van der Waals surface area contributed by atoms with E-state index in [2.05, 4.69) is 92.0 Å². The molecule has 2 aromatic carbocycles. The predicted octanol–water partition coefficient (Wildman–Crippen LogP) is 4.28. The van der Waals surface area contributed by atoms with Gasteiger partial charge in [0.2, 0.25) is 0 Å². The van der Waals surface area contributed by atoms with Gasteiger partial charge in [-0.25, -0.2) is 4.99 Å². The molecule has 5 nitrogen and oxygen atoms in total. The van der Waals surface area contributed by atoms with Crippen LogP contribution in [-0.4, -0.2) is 44.7 Å². The van der Waals surface area contributed by atoms with Gasteiger partial charge >= 0.3 is 0 Å². The first-order valence-electron chi connectivity index (χ1n) is 11.5. The highest BCUT2D eigenvalue weighted by molar-refractivity contribution is 5.79. The monoisotopic (exact) mass is 422 g/mol. The third kappa shape index (κ3) is 7.37. The molecule has 1 aliphatic heterocycles. The van der Waals surface area contributed by atoms with Gasteiger partial charge in [-0.05, 0) is 57.5 Å². The van der Waals surface area contributed by atoms with Crippen LogP contribution >= 0.6 is 0 Å². The van der Waals surface area contributed by atoms with Crippen LogP contribution in [0.25, 0.3) is 0 Å². The standard InChI is InChI=1S/C26H38N4O/c1-5-27-26(28-17-21-10-12-22(13-11-21)19-30(3)4)29-18-24-7-6-16-31-25(24)23-14-8-20(2)9-15-23/h8-15,24-25H,5-7,16-19H2,1-4H3,(H2,27,28,29). The fraction of sp³-hybridized carbons (Fsp3) is 0.500. The molecular weight excluding hydrogens is 384 g/mol. The quantitative estimate of drug-likeness (QED) is 0.492. The summed E-state index contributed by atoms with van der Waals surface area (Å²) in [4.78, 5) is 6.99. The molecule has 5 heteroatoms. The van der Waals surface area contributed by atoms with Crippen LogP contribution in [0.15, 0.2) is 53.5 Å². The molecule has 3 rings (SSSR count). The molecule has 1 fully saturated rings. The van der Waals surface area contributed by atoms with Crippen LogP contribution in [0.2, 0.25) is 0 Å². The smallest absolute Gasteiger partial charge is 0.191 e. The molecule has 2 unspecified atom stereocenters. The van der Waals surface area contributed by atoms with Crippen molar-refractivity contribution in [2.45, 2.75) is 45.9 Å². The van der Waals surface area contributed by atoms with Gasteiger partial charge in [0.25, 0.3) is 0 Å². The molecule has 0 radical (unpaired) electrons. The topological polar surface area (TPSA) is 48.9 Å². The van der Waals surface area contributed by atoms with E-state index < -0.39 is 0 Å². The predicted molar refractivity (Wildman–Crippen MR) is 129 cm³/mol. The Kier molecular flexibility index (Phi) is 8.92. The lowest BCUT2D eigenvalue weighted by molar-refractivity contribution is -0.0265. The van der Waals surface area contributed by atoms with E-state index >= 15 is 0 Å². The Morgan fingerprint density at radius 2 is 1.74 bits per heavy atom. The molecule has 31 heavy (non-hydrogen) atoms.